The Labute approximate surface area is 458 Å². The van der Waals surface area contributed by atoms with E-state index in [1.165, 1.54) is 70.6 Å². The van der Waals surface area contributed by atoms with E-state index in [0.717, 1.165) is 89.9 Å². The molecule has 0 aromatic carbocycles. The summed E-state index contributed by atoms with van der Waals surface area (Å²) in [4.78, 5) is 13.3. The number of hydrogen-bond donors (Lipinski definition) is 9. The van der Waals surface area contributed by atoms with Gasteiger partial charge in [-0.1, -0.05) is 207 Å². The fourth-order valence-electron chi connectivity index (χ4n) is 9.07. The van der Waals surface area contributed by atoms with E-state index in [9.17, 15) is 45.6 Å². The first kappa shape index (κ1) is 69.0. The molecule has 2 saturated heterocycles. The molecule has 12 unspecified atom stereocenters. The van der Waals surface area contributed by atoms with Gasteiger partial charge in [0.15, 0.2) is 12.6 Å². The highest BCUT2D eigenvalue weighted by Crippen LogP contribution is 2.30. The third-order valence-corrected chi connectivity index (χ3v) is 13.8. The number of nitrogens with one attached hydrogen (secondary N) is 1. The Morgan fingerprint density at radius 2 is 0.908 bits per heavy atom. The van der Waals surface area contributed by atoms with Gasteiger partial charge in [0.2, 0.25) is 5.91 Å². The Morgan fingerprint density at radius 3 is 1.37 bits per heavy atom. The van der Waals surface area contributed by atoms with E-state index < -0.39 is 86.8 Å². The van der Waals surface area contributed by atoms with Gasteiger partial charge in [0.25, 0.3) is 0 Å². The third kappa shape index (κ3) is 32.1. The predicted molar refractivity (Wildman–Crippen MR) is 304 cm³/mol. The van der Waals surface area contributed by atoms with Gasteiger partial charge in [-0.2, -0.15) is 0 Å². The lowest BCUT2D eigenvalue weighted by Crippen LogP contribution is -2.65. The van der Waals surface area contributed by atoms with Crippen LogP contribution >= 0.6 is 0 Å². The van der Waals surface area contributed by atoms with Crippen LogP contribution in [0.25, 0.3) is 0 Å². The Bertz CT molecular complexity index is 1640. The third-order valence-electron chi connectivity index (χ3n) is 13.8. The van der Waals surface area contributed by atoms with Gasteiger partial charge >= 0.3 is 0 Å². The van der Waals surface area contributed by atoms with Gasteiger partial charge in [-0.15, -0.1) is 0 Å². The maximum absolute atomic E-state index is 13.3. The van der Waals surface area contributed by atoms with Gasteiger partial charge in [0.05, 0.1) is 32.0 Å². The standard InChI is InChI=1S/C62H105NO13/c1-3-5-7-9-11-13-15-17-19-20-21-22-23-24-25-26-27-28-29-30-32-34-36-38-40-42-44-46-54(67)63-50(51(66)45-43-41-39-37-35-33-31-18-16-14-12-10-8-6-4-2)49-73-61-59(72)57(70)60(53(48-65)75-61)76-62-58(71)56(69)55(68)52(47-64)74-62/h5,7,11,13,17,19,21-22,24-25,27-28,30,32,36,38,50-53,55-62,64-66,68-72H,3-4,6,8-10,12,14-16,18,20,23,26,29,31,33-35,37,39-49H2,1-2H3,(H,63,67)/b7-5-,13-11-,19-17-,22-21-,25-24-,28-27-,32-30-,38-36-. The van der Waals surface area contributed by atoms with Gasteiger partial charge in [-0.25, -0.2) is 0 Å². The largest absolute Gasteiger partial charge is 0.394 e. The van der Waals surface area contributed by atoms with Gasteiger partial charge in [0, 0.05) is 6.42 Å². The van der Waals surface area contributed by atoms with Crippen molar-refractivity contribution in [3.63, 3.8) is 0 Å². The first-order valence-corrected chi connectivity index (χ1v) is 29.5. The molecule has 0 spiro atoms. The molecular formula is C62H105NO13. The lowest BCUT2D eigenvalue weighted by molar-refractivity contribution is -0.359. The molecule has 2 aliphatic heterocycles. The molecule has 0 bridgehead atoms. The van der Waals surface area contributed by atoms with Crippen LogP contribution in [0.3, 0.4) is 0 Å². The quantitative estimate of drug-likeness (QED) is 0.0205. The molecule has 76 heavy (non-hydrogen) atoms. The van der Waals surface area contributed by atoms with E-state index in [1.54, 1.807) is 0 Å². The number of allylic oxidation sites excluding steroid dienone is 16. The van der Waals surface area contributed by atoms with Crippen LogP contribution < -0.4 is 5.32 Å². The molecule has 0 radical (unpaired) electrons. The summed E-state index contributed by atoms with van der Waals surface area (Å²) in [5.41, 5.74) is 0. The van der Waals surface area contributed by atoms with Crippen LogP contribution in [0.4, 0.5) is 0 Å². The maximum atomic E-state index is 13.3. The number of carbonyl (C=O) groups excluding carboxylic acids is 1. The molecule has 2 rings (SSSR count). The summed E-state index contributed by atoms with van der Waals surface area (Å²) in [6, 6.07) is -0.859. The molecule has 12 atom stereocenters. The predicted octanol–water partition coefficient (Wildman–Crippen LogP) is 9.89. The van der Waals surface area contributed by atoms with Gasteiger partial charge in [0.1, 0.15) is 48.8 Å². The summed E-state index contributed by atoms with van der Waals surface area (Å²) in [6.45, 7) is 2.70. The van der Waals surface area contributed by atoms with Crippen molar-refractivity contribution in [1.82, 2.24) is 5.32 Å². The van der Waals surface area contributed by atoms with Crippen molar-refractivity contribution in [2.24, 2.45) is 0 Å². The molecule has 436 valence electrons. The summed E-state index contributed by atoms with van der Waals surface area (Å²) in [7, 11) is 0. The van der Waals surface area contributed by atoms with Crippen molar-refractivity contribution in [2.75, 3.05) is 19.8 Å². The molecule has 0 aromatic rings. The highest BCUT2D eigenvalue weighted by molar-refractivity contribution is 5.76. The van der Waals surface area contributed by atoms with E-state index in [1.807, 2.05) is 0 Å². The minimum absolute atomic E-state index is 0.243. The van der Waals surface area contributed by atoms with Crippen molar-refractivity contribution >= 4 is 5.91 Å². The van der Waals surface area contributed by atoms with Gasteiger partial charge in [-0.3, -0.25) is 4.79 Å². The highest BCUT2D eigenvalue weighted by atomic mass is 16.7. The number of rotatable bonds is 45. The fourth-order valence-corrected chi connectivity index (χ4v) is 9.07. The minimum Gasteiger partial charge on any atom is -0.394 e. The highest BCUT2D eigenvalue weighted by Gasteiger charge is 2.51. The smallest absolute Gasteiger partial charge is 0.220 e. The van der Waals surface area contributed by atoms with Crippen molar-refractivity contribution in [1.29, 1.82) is 0 Å². The Kier molecular flexibility index (Phi) is 42.5. The van der Waals surface area contributed by atoms with Crippen LogP contribution in [0.15, 0.2) is 97.2 Å². The molecule has 0 aliphatic carbocycles. The zero-order valence-corrected chi connectivity index (χ0v) is 46.7. The van der Waals surface area contributed by atoms with Crippen LogP contribution in [0.2, 0.25) is 0 Å². The summed E-state index contributed by atoms with van der Waals surface area (Å²) in [5.74, 6) is -0.253. The van der Waals surface area contributed by atoms with Crippen molar-refractivity contribution < 1.29 is 64.6 Å². The number of amides is 1. The molecule has 2 fully saturated rings. The number of ether oxygens (including phenoxy) is 4. The average Bonchev–Trinajstić information content (AvgIpc) is 3.42. The summed E-state index contributed by atoms with van der Waals surface area (Å²) in [6.07, 6.45) is 46.9. The van der Waals surface area contributed by atoms with Crippen LogP contribution in [0.1, 0.15) is 194 Å². The molecule has 14 heteroatoms. The molecule has 9 N–H and O–H groups in total. The number of unbranched alkanes of at least 4 members (excludes halogenated alkanes) is 16. The van der Waals surface area contributed by atoms with Crippen LogP contribution in [-0.2, 0) is 23.7 Å². The van der Waals surface area contributed by atoms with E-state index in [2.05, 4.69) is 116 Å². The molecule has 2 heterocycles. The molecule has 0 aromatic heterocycles. The SMILES string of the molecule is CC/C=C\C/C=C\C/C=C\C/C=C\C/C=C\C/C=C\C/C=C\C/C=C\CCCCC(=O)NC(COC1OC(CO)C(OC2OC(CO)C(O)C(O)C2O)C(O)C1O)C(O)CCCCCCCCCCCCCCCCC. The summed E-state index contributed by atoms with van der Waals surface area (Å²) < 4.78 is 22.8. The van der Waals surface area contributed by atoms with E-state index >= 15 is 0 Å². The van der Waals surface area contributed by atoms with Crippen molar-refractivity contribution in [3.05, 3.63) is 97.2 Å². The zero-order chi connectivity index (χ0) is 55.3. The van der Waals surface area contributed by atoms with Gasteiger partial charge in [-0.05, 0) is 77.0 Å². The second-order valence-corrected chi connectivity index (χ2v) is 20.4. The summed E-state index contributed by atoms with van der Waals surface area (Å²) in [5, 5.41) is 87.2. The zero-order valence-electron chi connectivity index (χ0n) is 46.7. The number of carbonyl (C=O) groups is 1. The number of hydrogen-bond acceptors (Lipinski definition) is 13. The van der Waals surface area contributed by atoms with Gasteiger partial charge < -0.3 is 65.1 Å². The normalized spacial score (nSPS) is 25.6. The van der Waals surface area contributed by atoms with E-state index in [4.69, 9.17) is 18.9 Å². The molecule has 1 amide bonds. The van der Waals surface area contributed by atoms with E-state index in [0.29, 0.717) is 12.8 Å². The Balaban J connectivity index is 1.78. The minimum atomic E-state index is -1.79. The number of aliphatic hydroxyl groups excluding tert-OH is 8. The molecule has 0 saturated carbocycles. The topological polar surface area (TPSA) is 228 Å². The fraction of sp³-hybridized carbons (Fsp3) is 0.726. The maximum Gasteiger partial charge on any atom is 0.220 e. The van der Waals surface area contributed by atoms with Crippen molar-refractivity contribution in [2.45, 2.75) is 267 Å². The summed E-state index contributed by atoms with van der Waals surface area (Å²) >= 11 is 0. The monoisotopic (exact) mass is 1070 g/mol. The Hall–Kier alpha value is -3.09. The van der Waals surface area contributed by atoms with Crippen LogP contribution in [0.5, 0.6) is 0 Å². The Morgan fingerprint density at radius 1 is 0.487 bits per heavy atom. The lowest BCUT2D eigenvalue weighted by Gasteiger charge is -2.46. The molecular weight excluding hydrogens is 967 g/mol. The second-order valence-electron chi connectivity index (χ2n) is 20.4. The first-order valence-electron chi connectivity index (χ1n) is 29.5. The average molecular weight is 1070 g/mol. The first-order chi connectivity index (χ1) is 37.1. The van der Waals surface area contributed by atoms with Crippen molar-refractivity contribution in [3.8, 4) is 0 Å². The van der Waals surface area contributed by atoms with Crippen LogP contribution in [0, 0.1) is 0 Å². The second kappa shape index (κ2) is 46.8. The number of aliphatic hydroxyl groups is 8. The molecule has 2 aliphatic rings. The van der Waals surface area contributed by atoms with Crippen LogP contribution in [-0.4, -0.2) is 140 Å². The van der Waals surface area contributed by atoms with E-state index in [-0.39, 0.29) is 18.9 Å². The molecule has 14 nitrogen and oxygen atoms in total. The lowest BCUT2D eigenvalue weighted by atomic mass is 9.97.